The number of hydrogen-bond acceptors (Lipinski definition) is 5. The average Bonchev–Trinajstić information content (AvgIpc) is 2.86. The fourth-order valence-electron chi connectivity index (χ4n) is 2.13. The maximum Gasteiger partial charge on any atom is 0.225 e. The van der Waals surface area contributed by atoms with Crippen LogP contribution in [-0.4, -0.2) is 28.2 Å². The molecule has 0 bridgehead atoms. The molecule has 0 radical (unpaired) electrons. The molecule has 2 N–H and O–H groups in total. The summed E-state index contributed by atoms with van der Waals surface area (Å²) in [5.41, 5.74) is 0. The van der Waals surface area contributed by atoms with E-state index in [1.54, 1.807) is 11.3 Å². The van der Waals surface area contributed by atoms with Gasteiger partial charge in [-0.3, -0.25) is 0 Å². The van der Waals surface area contributed by atoms with Gasteiger partial charge in [0.2, 0.25) is 5.28 Å². The number of rotatable bonds is 7. The first-order valence-corrected chi connectivity index (χ1v) is 8.18. The third kappa shape index (κ3) is 3.59. The second-order valence-corrected chi connectivity index (χ2v) is 6.25. The number of thiophene rings is 1. The summed E-state index contributed by atoms with van der Waals surface area (Å²) in [5.74, 6) is 1.24. The molecule has 4 nitrogen and oxygen atoms in total. The van der Waals surface area contributed by atoms with Crippen LogP contribution in [0.15, 0.2) is 6.07 Å². The maximum absolute atomic E-state index is 9.04. The van der Waals surface area contributed by atoms with Crippen LogP contribution in [0.3, 0.4) is 0 Å². The van der Waals surface area contributed by atoms with Crippen molar-refractivity contribution in [3.8, 4) is 0 Å². The molecule has 1 unspecified atom stereocenters. The minimum atomic E-state index is 0.221. The number of aliphatic hydroxyl groups is 1. The summed E-state index contributed by atoms with van der Waals surface area (Å²) < 4.78 is 0. The van der Waals surface area contributed by atoms with Crippen LogP contribution in [0.4, 0.5) is 5.82 Å². The summed E-state index contributed by atoms with van der Waals surface area (Å²) in [5, 5.41) is 13.7. The topological polar surface area (TPSA) is 58.0 Å². The van der Waals surface area contributed by atoms with E-state index in [0.717, 1.165) is 41.8 Å². The van der Waals surface area contributed by atoms with E-state index in [1.807, 2.05) is 0 Å². The first-order valence-electron chi connectivity index (χ1n) is 6.98. The van der Waals surface area contributed by atoms with E-state index in [2.05, 4.69) is 35.2 Å². The highest BCUT2D eigenvalue weighted by atomic mass is 35.5. The monoisotopic (exact) mass is 313 g/mol. The van der Waals surface area contributed by atoms with Crippen LogP contribution in [-0.2, 0) is 6.42 Å². The minimum Gasteiger partial charge on any atom is -0.396 e. The van der Waals surface area contributed by atoms with Gasteiger partial charge in [0.15, 0.2) is 0 Å². The van der Waals surface area contributed by atoms with Crippen LogP contribution in [0.25, 0.3) is 10.2 Å². The van der Waals surface area contributed by atoms with Crippen molar-refractivity contribution in [2.75, 3.05) is 18.5 Å². The first kappa shape index (κ1) is 15.5. The number of anilines is 1. The molecule has 0 fully saturated rings. The lowest BCUT2D eigenvalue weighted by molar-refractivity contribution is 0.258. The molecule has 0 amide bonds. The van der Waals surface area contributed by atoms with Crippen LogP contribution >= 0.6 is 22.9 Å². The van der Waals surface area contributed by atoms with Gasteiger partial charge in [-0.15, -0.1) is 11.3 Å². The second kappa shape index (κ2) is 7.20. The van der Waals surface area contributed by atoms with Gasteiger partial charge in [0, 0.05) is 18.0 Å². The van der Waals surface area contributed by atoms with Gasteiger partial charge in [-0.2, -0.15) is 0 Å². The van der Waals surface area contributed by atoms with E-state index in [4.69, 9.17) is 16.7 Å². The molecule has 2 heterocycles. The van der Waals surface area contributed by atoms with Crippen molar-refractivity contribution in [2.24, 2.45) is 5.92 Å². The number of hydrogen-bond donors (Lipinski definition) is 2. The zero-order chi connectivity index (χ0) is 14.5. The van der Waals surface area contributed by atoms with E-state index in [0.29, 0.717) is 5.92 Å². The average molecular weight is 314 g/mol. The standard InChI is InChI=1S/C14H20ClN3OS/c1-3-9(5-6-19)8-16-12-11-7-10(4-2)20-13(11)18-14(15)17-12/h7,9,19H,3-6,8H2,1-2H3,(H,16,17,18). The maximum atomic E-state index is 9.04. The molecule has 0 saturated carbocycles. The molecule has 1 atom stereocenters. The van der Waals surface area contributed by atoms with Crippen molar-refractivity contribution in [1.29, 1.82) is 0 Å². The normalized spacial score (nSPS) is 12.8. The lowest BCUT2D eigenvalue weighted by Crippen LogP contribution is -2.16. The molecule has 2 aromatic rings. The Hall–Kier alpha value is -0.910. The van der Waals surface area contributed by atoms with Crippen LogP contribution in [0.5, 0.6) is 0 Å². The van der Waals surface area contributed by atoms with Crippen molar-refractivity contribution < 1.29 is 5.11 Å². The van der Waals surface area contributed by atoms with Crippen molar-refractivity contribution in [1.82, 2.24) is 9.97 Å². The van der Waals surface area contributed by atoms with Crippen LogP contribution < -0.4 is 5.32 Å². The molecular formula is C14H20ClN3OS. The van der Waals surface area contributed by atoms with Gasteiger partial charge in [-0.1, -0.05) is 20.3 Å². The summed E-state index contributed by atoms with van der Waals surface area (Å²) in [6.07, 6.45) is 2.81. The molecule has 0 aliphatic rings. The Labute approximate surface area is 128 Å². The molecule has 0 aromatic carbocycles. The fourth-order valence-corrected chi connectivity index (χ4v) is 3.31. The Morgan fingerprint density at radius 2 is 2.20 bits per heavy atom. The molecule has 0 aliphatic carbocycles. The number of halogens is 1. The lowest BCUT2D eigenvalue weighted by atomic mass is 10.0. The van der Waals surface area contributed by atoms with Gasteiger partial charge in [0.1, 0.15) is 10.6 Å². The Balaban J connectivity index is 2.21. The number of nitrogens with zero attached hydrogens (tertiary/aromatic N) is 2. The molecule has 0 spiro atoms. The molecule has 110 valence electrons. The third-order valence-electron chi connectivity index (χ3n) is 3.44. The highest BCUT2D eigenvalue weighted by Crippen LogP contribution is 2.30. The van der Waals surface area contributed by atoms with Gasteiger partial charge < -0.3 is 10.4 Å². The number of aliphatic hydroxyl groups excluding tert-OH is 1. The van der Waals surface area contributed by atoms with Crippen molar-refractivity contribution in [3.05, 3.63) is 16.2 Å². The van der Waals surface area contributed by atoms with Crippen LogP contribution in [0.1, 0.15) is 31.6 Å². The largest absolute Gasteiger partial charge is 0.396 e. The number of aryl methyl sites for hydroxylation is 1. The Bertz CT molecular complexity index is 573. The zero-order valence-electron chi connectivity index (χ0n) is 11.8. The summed E-state index contributed by atoms with van der Waals surface area (Å²) in [6.45, 7) is 5.26. The summed E-state index contributed by atoms with van der Waals surface area (Å²) >= 11 is 7.65. The quantitative estimate of drug-likeness (QED) is 0.765. The summed E-state index contributed by atoms with van der Waals surface area (Å²) in [4.78, 5) is 10.8. The smallest absolute Gasteiger partial charge is 0.225 e. The van der Waals surface area contributed by atoms with Gasteiger partial charge in [0.05, 0.1) is 5.39 Å². The SMILES string of the molecule is CCc1cc2c(NCC(CC)CCO)nc(Cl)nc2s1. The van der Waals surface area contributed by atoms with Crippen molar-refractivity contribution in [3.63, 3.8) is 0 Å². The Kier molecular flexibility index (Phi) is 5.57. The fraction of sp³-hybridized carbons (Fsp3) is 0.571. The van der Waals surface area contributed by atoms with Crippen molar-refractivity contribution in [2.45, 2.75) is 33.1 Å². The van der Waals surface area contributed by atoms with E-state index in [-0.39, 0.29) is 11.9 Å². The van der Waals surface area contributed by atoms with Gasteiger partial charge in [-0.25, -0.2) is 9.97 Å². The summed E-state index contributed by atoms with van der Waals surface area (Å²) in [7, 11) is 0. The van der Waals surface area contributed by atoms with Gasteiger partial charge in [0.25, 0.3) is 0 Å². The lowest BCUT2D eigenvalue weighted by Gasteiger charge is -2.15. The first-order chi connectivity index (χ1) is 9.67. The van der Waals surface area contributed by atoms with Gasteiger partial charge in [-0.05, 0) is 36.4 Å². The van der Waals surface area contributed by atoms with E-state index in [9.17, 15) is 0 Å². The molecule has 0 saturated heterocycles. The molecule has 0 aliphatic heterocycles. The van der Waals surface area contributed by atoms with E-state index in [1.165, 1.54) is 4.88 Å². The van der Waals surface area contributed by atoms with E-state index < -0.39 is 0 Å². The zero-order valence-corrected chi connectivity index (χ0v) is 13.4. The predicted octanol–water partition coefficient (Wildman–Crippen LogP) is 3.73. The van der Waals surface area contributed by atoms with Gasteiger partial charge >= 0.3 is 0 Å². The highest BCUT2D eigenvalue weighted by Gasteiger charge is 2.12. The Morgan fingerprint density at radius 1 is 1.40 bits per heavy atom. The number of aromatic nitrogens is 2. The molecule has 2 rings (SSSR count). The minimum absolute atomic E-state index is 0.221. The highest BCUT2D eigenvalue weighted by molar-refractivity contribution is 7.18. The second-order valence-electron chi connectivity index (χ2n) is 4.79. The number of fused-ring (bicyclic) bond motifs is 1. The van der Waals surface area contributed by atoms with Crippen molar-refractivity contribution >= 4 is 39.0 Å². The van der Waals surface area contributed by atoms with Crippen LogP contribution in [0, 0.1) is 5.92 Å². The van der Waals surface area contributed by atoms with Crippen LogP contribution in [0.2, 0.25) is 5.28 Å². The Morgan fingerprint density at radius 3 is 2.85 bits per heavy atom. The van der Waals surface area contributed by atoms with E-state index >= 15 is 0 Å². The molecule has 20 heavy (non-hydrogen) atoms. The molecule has 2 aromatic heterocycles. The molecule has 6 heteroatoms. The number of nitrogens with one attached hydrogen (secondary N) is 1. The third-order valence-corrected chi connectivity index (χ3v) is 4.78. The summed E-state index contributed by atoms with van der Waals surface area (Å²) in [6, 6.07) is 2.13. The molecular weight excluding hydrogens is 294 g/mol. The predicted molar refractivity (Wildman–Crippen MR) is 85.8 cm³/mol.